The number of carbonyl (C=O) groups is 1. The predicted octanol–water partition coefficient (Wildman–Crippen LogP) is 3.45. The molecule has 8 nitrogen and oxygen atoms in total. The maximum Gasteiger partial charge on any atom is 0.227 e. The van der Waals surface area contributed by atoms with Gasteiger partial charge in [-0.15, -0.1) is 0 Å². The standard InChI is InChI=1S/C24H29F2N5O3/c25-18-4-3-16(14-19(18)26)31-22(32)2-1-7-24(31)8-10-30(11-9-24)20-15-21(29-23(27)28-20)34-17-5-12-33-13-6-17/h3-4,14-15,17H,1-2,5-13H2,(H2,27,28,29)/i17D. The number of nitrogen functional groups attached to an aromatic ring is 1. The molecular weight excluding hydrogens is 444 g/mol. The quantitative estimate of drug-likeness (QED) is 0.725. The Morgan fingerprint density at radius 2 is 1.88 bits per heavy atom. The number of anilines is 3. The number of nitrogens with zero attached hydrogens (tertiary/aromatic N) is 4. The molecule has 5 rings (SSSR count). The summed E-state index contributed by atoms with van der Waals surface area (Å²) in [5, 5.41) is 0. The summed E-state index contributed by atoms with van der Waals surface area (Å²) in [6, 6.07) is 5.34. The van der Waals surface area contributed by atoms with Crippen LogP contribution in [0.3, 0.4) is 0 Å². The van der Waals surface area contributed by atoms with E-state index >= 15 is 0 Å². The van der Waals surface area contributed by atoms with Crippen LogP contribution in [0.2, 0.25) is 0 Å². The van der Waals surface area contributed by atoms with Crippen LogP contribution in [-0.2, 0) is 9.53 Å². The van der Waals surface area contributed by atoms with Gasteiger partial charge in [-0.3, -0.25) is 4.79 Å². The lowest BCUT2D eigenvalue weighted by Crippen LogP contribution is -2.60. The smallest absolute Gasteiger partial charge is 0.227 e. The first-order valence-corrected chi connectivity index (χ1v) is 11.7. The Labute approximate surface area is 198 Å². The minimum Gasteiger partial charge on any atom is -0.474 e. The average molecular weight is 475 g/mol. The Morgan fingerprint density at radius 3 is 2.62 bits per heavy atom. The summed E-state index contributed by atoms with van der Waals surface area (Å²) in [5.41, 5.74) is 5.88. The number of rotatable bonds is 4. The van der Waals surface area contributed by atoms with Gasteiger partial charge in [0.15, 0.2) is 11.6 Å². The van der Waals surface area contributed by atoms with E-state index in [-0.39, 0.29) is 17.7 Å². The van der Waals surface area contributed by atoms with Crippen LogP contribution in [0.25, 0.3) is 0 Å². The van der Waals surface area contributed by atoms with Crippen molar-refractivity contribution in [1.29, 1.82) is 0 Å². The van der Waals surface area contributed by atoms with Gasteiger partial charge in [0.2, 0.25) is 17.7 Å². The van der Waals surface area contributed by atoms with Crippen molar-refractivity contribution in [2.24, 2.45) is 0 Å². The van der Waals surface area contributed by atoms with Crippen LogP contribution in [0.4, 0.5) is 26.2 Å². The predicted molar refractivity (Wildman–Crippen MR) is 123 cm³/mol. The van der Waals surface area contributed by atoms with Crippen molar-refractivity contribution in [2.75, 3.05) is 41.8 Å². The molecule has 0 saturated carbocycles. The highest BCUT2D eigenvalue weighted by Crippen LogP contribution is 2.42. The second-order valence-electron chi connectivity index (χ2n) is 9.07. The zero-order valence-corrected chi connectivity index (χ0v) is 18.9. The average Bonchev–Trinajstić information content (AvgIpc) is 2.81. The third-order valence-corrected chi connectivity index (χ3v) is 6.94. The highest BCUT2D eigenvalue weighted by atomic mass is 19.2. The fourth-order valence-corrected chi connectivity index (χ4v) is 5.22. The molecule has 0 atom stereocenters. The van der Waals surface area contributed by atoms with E-state index in [4.69, 9.17) is 16.6 Å². The van der Waals surface area contributed by atoms with E-state index in [2.05, 4.69) is 14.9 Å². The Morgan fingerprint density at radius 1 is 1.12 bits per heavy atom. The summed E-state index contributed by atoms with van der Waals surface area (Å²) in [6.07, 6.45) is 2.96. The molecule has 10 heteroatoms. The van der Waals surface area contributed by atoms with Gasteiger partial charge < -0.3 is 25.0 Å². The molecule has 0 bridgehead atoms. The lowest BCUT2D eigenvalue weighted by atomic mass is 9.78. The lowest BCUT2D eigenvalue weighted by molar-refractivity contribution is -0.121. The Kier molecular flexibility index (Phi) is 5.90. The molecule has 3 aliphatic heterocycles. The van der Waals surface area contributed by atoms with E-state index in [1.54, 1.807) is 11.0 Å². The fourth-order valence-electron chi connectivity index (χ4n) is 5.22. The van der Waals surface area contributed by atoms with E-state index in [0.29, 0.717) is 69.9 Å². The summed E-state index contributed by atoms with van der Waals surface area (Å²) in [6.45, 7) is 2.09. The Hall–Kier alpha value is -3.01. The molecule has 3 fully saturated rings. The summed E-state index contributed by atoms with van der Waals surface area (Å²) in [4.78, 5) is 25.2. The maximum atomic E-state index is 14.0. The van der Waals surface area contributed by atoms with Gasteiger partial charge in [-0.2, -0.15) is 9.97 Å². The molecule has 34 heavy (non-hydrogen) atoms. The number of hydrogen-bond donors (Lipinski definition) is 1. The molecule has 182 valence electrons. The highest BCUT2D eigenvalue weighted by molar-refractivity contribution is 5.95. The molecule has 0 aliphatic carbocycles. The van der Waals surface area contributed by atoms with Gasteiger partial charge in [0.1, 0.15) is 11.9 Å². The first kappa shape index (κ1) is 21.5. The Bertz CT molecular complexity index is 1110. The zero-order valence-electron chi connectivity index (χ0n) is 19.9. The molecule has 0 radical (unpaired) electrons. The number of benzene rings is 1. The lowest BCUT2D eigenvalue weighted by Gasteiger charge is -2.51. The van der Waals surface area contributed by atoms with Crippen molar-refractivity contribution in [1.82, 2.24) is 9.97 Å². The van der Waals surface area contributed by atoms with Crippen LogP contribution < -0.4 is 20.3 Å². The van der Waals surface area contributed by atoms with E-state index in [1.165, 1.54) is 6.07 Å². The van der Waals surface area contributed by atoms with Crippen LogP contribution in [0.1, 0.15) is 46.3 Å². The molecule has 0 unspecified atom stereocenters. The number of amides is 1. The fraction of sp³-hybridized carbons (Fsp3) is 0.542. The topological polar surface area (TPSA) is 93.8 Å². The first-order valence-electron chi connectivity index (χ1n) is 12.2. The normalized spacial score (nSPS) is 22.5. The molecule has 2 N–H and O–H groups in total. The van der Waals surface area contributed by atoms with E-state index in [1.807, 2.05) is 0 Å². The molecule has 3 aliphatic rings. The molecule has 1 amide bonds. The van der Waals surface area contributed by atoms with E-state index in [0.717, 1.165) is 25.0 Å². The van der Waals surface area contributed by atoms with Crippen molar-refractivity contribution >= 4 is 23.4 Å². The van der Waals surface area contributed by atoms with Crippen molar-refractivity contribution in [3.8, 4) is 5.88 Å². The third-order valence-electron chi connectivity index (χ3n) is 6.94. The number of ether oxygens (including phenoxy) is 2. The van der Waals surface area contributed by atoms with Crippen molar-refractivity contribution in [2.45, 2.75) is 56.6 Å². The molecule has 4 heterocycles. The molecule has 1 aromatic heterocycles. The monoisotopic (exact) mass is 474 g/mol. The van der Waals surface area contributed by atoms with Crippen molar-refractivity contribution in [3.05, 3.63) is 35.9 Å². The Balaban J connectivity index is 1.35. The van der Waals surface area contributed by atoms with Crippen LogP contribution in [0, 0.1) is 11.6 Å². The largest absolute Gasteiger partial charge is 0.474 e. The second-order valence-corrected chi connectivity index (χ2v) is 9.07. The van der Waals surface area contributed by atoms with Gasteiger partial charge in [-0.1, -0.05) is 0 Å². The number of aromatic nitrogens is 2. The summed E-state index contributed by atoms with van der Waals surface area (Å²) in [7, 11) is 0. The third kappa shape index (κ3) is 4.51. The molecule has 3 saturated heterocycles. The molecule has 1 spiro atoms. The van der Waals surface area contributed by atoms with E-state index < -0.39 is 23.3 Å². The minimum atomic E-state index is -1.12. The number of nitrogens with two attached hydrogens (primary N) is 1. The zero-order chi connectivity index (χ0) is 24.6. The van der Waals surface area contributed by atoms with Crippen LogP contribution in [0.5, 0.6) is 5.88 Å². The van der Waals surface area contributed by atoms with Crippen LogP contribution in [0.15, 0.2) is 24.3 Å². The first-order chi connectivity index (χ1) is 16.8. The van der Waals surface area contributed by atoms with Crippen molar-refractivity contribution < 1.29 is 24.4 Å². The van der Waals surface area contributed by atoms with Crippen LogP contribution >= 0.6 is 0 Å². The molecule has 2 aromatic rings. The van der Waals surface area contributed by atoms with Crippen molar-refractivity contribution in [3.63, 3.8) is 0 Å². The molecular formula is C24H29F2N5O3. The number of hydrogen-bond acceptors (Lipinski definition) is 7. The van der Waals surface area contributed by atoms with Gasteiger partial charge in [0, 0.05) is 50.2 Å². The van der Waals surface area contributed by atoms with Gasteiger partial charge in [-0.05, 0) is 37.8 Å². The number of carbonyl (C=O) groups excluding carboxylic acids is 1. The highest BCUT2D eigenvalue weighted by Gasteiger charge is 2.45. The summed E-state index contributed by atoms with van der Waals surface area (Å²) >= 11 is 0. The summed E-state index contributed by atoms with van der Waals surface area (Å²) < 4.78 is 47.3. The maximum absolute atomic E-state index is 14.0. The van der Waals surface area contributed by atoms with E-state index in [9.17, 15) is 13.6 Å². The number of piperidine rings is 2. The SMILES string of the molecule is [2H]C1(Oc2cc(N3CCC4(CCCC(=O)N4c4ccc(F)c(F)c4)CC3)nc(N)n2)CCOCC1. The van der Waals surface area contributed by atoms with Crippen LogP contribution in [-0.4, -0.2) is 53.8 Å². The summed E-state index contributed by atoms with van der Waals surface area (Å²) in [5.74, 6) is -1.06. The molecule has 1 aromatic carbocycles. The van der Waals surface area contributed by atoms with Gasteiger partial charge in [0.05, 0.1) is 20.1 Å². The van der Waals surface area contributed by atoms with Gasteiger partial charge in [0.25, 0.3) is 0 Å². The minimum absolute atomic E-state index is 0.0599. The van der Waals surface area contributed by atoms with Gasteiger partial charge in [-0.25, -0.2) is 8.78 Å². The van der Waals surface area contributed by atoms with Gasteiger partial charge >= 0.3 is 0 Å². The number of halogens is 2. The second kappa shape index (κ2) is 9.32.